The minimum atomic E-state index is -1.32. The molecular weight excluding hydrogens is 119 g/mol. The molecule has 0 bridgehead atoms. The third kappa shape index (κ3) is 2.18. The standard InChI is InChI=1S/C5H9BO3/c7-6(8)3-5-1-2-9-4-5/h3,7-8H,1-2,4H2/b5-3-. The maximum absolute atomic E-state index is 8.44. The van der Waals surface area contributed by atoms with Crippen molar-refractivity contribution in [2.45, 2.75) is 6.42 Å². The molecule has 50 valence electrons. The van der Waals surface area contributed by atoms with Gasteiger partial charge in [0.25, 0.3) is 0 Å². The second-order valence-electron chi connectivity index (χ2n) is 2.04. The van der Waals surface area contributed by atoms with E-state index < -0.39 is 7.12 Å². The molecule has 1 aliphatic heterocycles. The Morgan fingerprint density at radius 3 is 2.78 bits per heavy atom. The Kier molecular flexibility index (Phi) is 2.27. The molecular formula is C5H9BO3. The van der Waals surface area contributed by atoms with E-state index in [2.05, 4.69) is 0 Å². The average molecular weight is 128 g/mol. The molecule has 0 saturated carbocycles. The summed E-state index contributed by atoms with van der Waals surface area (Å²) in [7, 11) is -1.32. The van der Waals surface area contributed by atoms with Crippen LogP contribution < -0.4 is 0 Å². The maximum atomic E-state index is 8.44. The van der Waals surface area contributed by atoms with Crippen LogP contribution in [0.25, 0.3) is 0 Å². The van der Waals surface area contributed by atoms with Gasteiger partial charge in [0.05, 0.1) is 13.2 Å². The highest BCUT2D eigenvalue weighted by molar-refractivity contribution is 6.47. The highest BCUT2D eigenvalue weighted by atomic mass is 16.5. The molecule has 0 aromatic heterocycles. The van der Waals surface area contributed by atoms with Gasteiger partial charge in [0.15, 0.2) is 0 Å². The van der Waals surface area contributed by atoms with Crippen LogP contribution in [0.4, 0.5) is 0 Å². The lowest BCUT2D eigenvalue weighted by molar-refractivity contribution is 0.204. The molecule has 0 atom stereocenters. The zero-order valence-corrected chi connectivity index (χ0v) is 5.08. The Labute approximate surface area is 54.1 Å². The molecule has 2 N–H and O–H groups in total. The zero-order valence-electron chi connectivity index (χ0n) is 5.08. The Bertz CT molecular complexity index is 113. The summed E-state index contributed by atoms with van der Waals surface area (Å²) in [6.45, 7) is 1.26. The van der Waals surface area contributed by atoms with Gasteiger partial charge < -0.3 is 14.8 Å². The molecule has 4 heteroatoms. The summed E-state index contributed by atoms with van der Waals surface area (Å²) >= 11 is 0. The van der Waals surface area contributed by atoms with Crippen LogP contribution in [0.1, 0.15) is 6.42 Å². The van der Waals surface area contributed by atoms with Gasteiger partial charge in [0.1, 0.15) is 0 Å². The third-order valence-electron chi connectivity index (χ3n) is 1.24. The van der Waals surface area contributed by atoms with Gasteiger partial charge in [-0.15, -0.1) is 0 Å². The van der Waals surface area contributed by atoms with E-state index in [4.69, 9.17) is 14.8 Å². The smallest absolute Gasteiger partial charge is 0.424 e. The summed E-state index contributed by atoms with van der Waals surface area (Å²) in [5.41, 5.74) is 0.977. The summed E-state index contributed by atoms with van der Waals surface area (Å²) in [6.07, 6.45) is 0.831. The van der Waals surface area contributed by atoms with Crippen LogP contribution in [0.3, 0.4) is 0 Å². The van der Waals surface area contributed by atoms with E-state index in [9.17, 15) is 0 Å². The van der Waals surface area contributed by atoms with Crippen molar-refractivity contribution in [1.29, 1.82) is 0 Å². The van der Waals surface area contributed by atoms with Gasteiger partial charge in [-0.3, -0.25) is 0 Å². The number of hydrogen-bond donors (Lipinski definition) is 2. The predicted molar refractivity (Wildman–Crippen MR) is 33.7 cm³/mol. The molecule has 0 aliphatic carbocycles. The van der Waals surface area contributed by atoms with Crippen molar-refractivity contribution in [2.75, 3.05) is 13.2 Å². The topological polar surface area (TPSA) is 49.7 Å². The average Bonchev–Trinajstić information content (AvgIpc) is 2.15. The van der Waals surface area contributed by atoms with Crippen LogP contribution in [-0.2, 0) is 4.74 Å². The molecule has 1 saturated heterocycles. The van der Waals surface area contributed by atoms with Gasteiger partial charge >= 0.3 is 7.12 Å². The van der Waals surface area contributed by atoms with Gasteiger partial charge in [-0.1, -0.05) is 5.98 Å². The van der Waals surface area contributed by atoms with Crippen molar-refractivity contribution >= 4 is 7.12 Å². The zero-order chi connectivity index (χ0) is 6.69. The minimum absolute atomic E-state index is 0.553. The van der Waals surface area contributed by atoms with E-state index in [0.717, 1.165) is 12.0 Å². The van der Waals surface area contributed by atoms with E-state index in [0.29, 0.717) is 13.2 Å². The quantitative estimate of drug-likeness (QED) is 0.461. The van der Waals surface area contributed by atoms with E-state index in [1.807, 2.05) is 0 Å². The molecule has 0 radical (unpaired) electrons. The van der Waals surface area contributed by atoms with E-state index in [-0.39, 0.29) is 0 Å². The summed E-state index contributed by atoms with van der Waals surface area (Å²) in [5.74, 6) is 1.41. The highest BCUT2D eigenvalue weighted by Crippen LogP contribution is 2.09. The first-order valence-corrected chi connectivity index (χ1v) is 2.92. The molecule has 1 aliphatic rings. The number of ether oxygens (including phenoxy) is 1. The van der Waals surface area contributed by atoms with Crippen LogP contribution >= 0.6 is 0 Å². The Hall–Kier alpha value is -0.315. The Balaban J connectivity index is 2.39. The minimum Gasteiger partial charge on any atom is -0.424 e. The largest absolute Gasteiger partial charge is 0.480 e. The van der Waals surface area contributed by atoms with Gasteiger partial charge in [-0.05, 0) is 12.0 Å². The molecule has 1 fully saturated rings. The van der Waals surface area contributed by atoms with Crippen molar-refractivity contribution in [2.24, 2.45) is 0 Å². The SMILES string of the molecule is OB(O)/C=C1/CCOC1. The predicted octanol–water partition coefficient (Wildman–Crippen LogP) is -0.655. The summed E-state index contributed by atoms with van der Waals surface area (Å²) in [6, 6.07) is 0. The molecule has 1 rings (SSSR count). The highest BCUT2D eigenvalue weighted by Gasteiger charge is 2.10. The summed E-state index contributed by atoms with van der Waals surface area (Å²) in [5, 5.41) is 16.9. The fraction of sp³-hybridized carbons (Fsp3) is 0.600. The lowest BCUT2D eigenvalue weighted by Gasteiger charge is -1.90. The van der Waals surface area contributed by atoms with Gasteiger partial charge in [0.2, 0.25) is 0 Å². The molecule has 0 unspecified atom stereocenters. The lowest BCUT2D eigenvalue weighted by atomic mass is 9.88. The van der Waals surface area contributed by atoms with Crippen molar-refractivity contribution in [3.05, 3.63) is 11.5 Å². The molecule has 3 nitrogen and oxygen atoms in total. The Morgan fingerprint density at radius 1 is 1.56 bits per heavy atom. The van der Waals surface area contributed by atoms with E-state index in [1.54, 1.807) is 0 Å². The van der Waals surface area contributed by atoms with Gasteiger partial charge in [-0.2, -0.15) is 0 Å². The maximum Gasteiger partial charge on any atom is 0.480 e. The van der Waals surface area contributed by atoms with Gasteiger partial charge in [-0.25, -0.2) is 0 Å². The first kappa shape index (κ1) is 6.80. The monoisotopic (exact) mass is 128 g/mol. The Morgan fingerprint density at radius 2 is 2.33 bits per heavy atom. The van der Waals surface area contributed by atoms with Crippen LogP contribution in [-0.4, -0.2) is 30.4 Å². The van der Waals surface area contributed by atoms with Crippen LogP contribution in [0, 0.1) is 0 Å². The van der Waals surface area contributed by atoms with Crippen LogP contribution in [0.5, 0.6) is 0 Å². The van der Waals surface area contributed by atoms with Crippen molar-refractivity contribution in [1.82, 2.24) is 0 Å². The molecule has 0 aromatic carbocycles. The van der Waals surface area contributed by atoms with Crippen LogP contribution in [0.2, 0.25) is 0 Å². The summed E-state index contributed by atoms with van der Waals surface area (Å²) in [4.78, 5) is 0. The fourth-order valence-corrected chi connectivity index (χ4v) is 0.821. The second kappa shape index (κ2) is 3.01. The first-order valence-electron chi connectivity index (χ1n) is 2.92. The molecule has 0 spiro atoms. The van der Waals surface area contributed by atoms with E-state index in [1.165, 1.54) is 5.98 Å². The van der Waals surface area contributed by atoms with Crippen molar-refractivity contribution in [3.63, 3.8) is 0 Å². The van der Waals surface area contributed by atoms with Gasteiger partial charge in [0, 0.05) is 0 Å². The van der Waals surface area contributed by atoms with Crippen LogP contribution in [0.15, 0.2) is 11.5 Å². The first-order chi connectivity index (χ1) is 4.29. The van der Waals surface area contributed by atoms with Crippen molar-refractivity contribution < 1.29 is 14.8 Å². The third-order valence-corrected chi connectivity index (χ3v) is 1.24. The molecule has 0 amide bonds. The molecule has 0 aromatic rings. The second-order valence-corrected chi connectivity index (χ2v) is 2.04. The normalized spacial score (nSPS) is 23.1. The van der Waals surface area contributed by atoms with Crippen molar-refractivity contribution in [3.8, 4) is 0 Å². The number of hydrogen-bond acceptors (Lipinski definition) is 3. The summed E-state index contributed by atoms with van der Waals surface area (Å²) < 4.78 is 4.97. The lowest BCUT2D eigenvalue weighted by Crippen LogP contribution is -2.07. The number of rotatable bonds is 1. The van der Waals surface area contributed by atoms with E-state index >= 15 is 0 Å². The molecule has 1 heterocycles. The molecule has 9 heavy (non-hydrogen) atoms. The fourth-order valence-electron chi connectivity index (χ4n) is 0.821.